The maximum atomic E-state index is 6.18. The van der Waals surface area contributed by atoms with Crippen LogP contribution in [0.25, 0.3) is 0 Å². The highest BCUT2D eigenvalue weighted by atomic mass is 16.5. The largest absolute Gasteiger partial charge is 0.498 e. The van der Waals surface area contributed by atoms with Gasteiger partial charge in [0.15, 0.2) is 0 Å². The topological polar surface area (TPSA) is 74.9 Å². The lowest BCUT2D eigenvalue weighted by Crippen LogP contribution is -2.42. The molecule has 0 fully saturated rings. The van der Waals surface area contributed by atoms with Crippen LogP contribution in [0.4, 0.5) is 0 Å². The summed E-state index contributed by atoms with van der Waals surface area (Å²) in [5.74, 6) is 4.13. The van der Waals surface area contributed by atoms with Gasteiger partial charge in [0.05, 0.1) is 24.0 Å². The van der Waals surface area contributed by atoms with E-state index in [2.05, 4.69) is 34.0 Å². The molecule has 2 heterocycles. The van der Waals surface area contributed by atoms with Gasteiger partial charge in [-0.25, -0.2) is 10.4 Å². The summed E-state index contributed by atoms with van der Waals surface area (Å²) in [5, 5.41) is 5.38. The van der Waals surface area contributed by atoms with Gasteiger partial charge in [-0.15, -0.1) is 0 Å². The summed E-state index contributed by atoms with van der Waals surface area (Å²) < 4.78 is 6.11. The molecule has 2 aliphatic heterocycles. The monoisotopic (exact) mass is 343 g/mol. The number of ether oxygens (including phenoxy) is 1. The molecule has 4 aliphatic rings. The zero-order valence-electron chi connectivity index (χ0n) is 15.0. The molecule has 3 unspecified atom stereocenters. The molecule has 0 radical (unpaired) electrons. The molecule has 3 atom stereocenters. The number of rotatable bonds is 4. The second-order valence-electron chi connectivity index (χ2n) is 7.47. The number of aliphatic imine (C=N–C) groups is 1. The Balaban J connectivity index is 1.35. The molecule has 2 aliphatic carbocycles. The Morgan fingerprint density at radius 1 is 1.32 bits per heavy atom. The lowest BCUT2D eigenvalue weighted by molar-refractivity contribution is 0.139. The van der Waals surface area contributed by atoms with E-state index < -0.39 is 0 Å². The molecule has 6 nitrogen and oxygen atoms in total. The van der Waals surface area contributed by atoms with Crippen LogP contribution in [0.3, 0.4) is 0 Å². The molecule has 4 rings (SSSR count). The highest BCUT2D eigenvalue weighted by molar-refractivity contribution is 5.99. The van der Waals surface area contributed by atoms with Gasteiger partial charge in [-0.05, 0) is 50.0 Å². The average molecular weight is 343 g/mol. The number of nitrogens with one attached hydrogen (secondary N) is 2. The van der Waals surface area contributed by atoms with Gasteiger partial charge in [-0.1, -0.05) is 12.2 Å². The first-order valence-electron chi connectivity index (χ1n) is 9.47. The molecule has 0 bridgehead atoms. The van der Waals surface area contributed by atoms with Crippen molar-refractivity contribution in [3.05, 3.63) is 35.4 Å². The molecule has 0 saturated heterocycles. The van der Waals surface area contributed by atoms with Crippen LogP contribution >= 0.6 is 0 Å². The molecule has 136 valence electrons. The van der Waals surface area contributed by atoms with Gasteiger partial charge in [0.2, 0.25) is 0 Å². The molecular weight excluding hydrogens is 314 g/mol. The fraction of sp³-hybridized carbons (Fsp3) is 0.632. The predicted octanol–water partition coefficient (Wildman–Crippen LogP) is 1.99. The highest BCUT2D eigenvalue weighted by Gasteiger charge is 2.38. The molecule has 0 saturated carbocycles. The third kappa shape index (κ3) is 3.40. The van der Waals surface area contributed by atoms with E-state index in [1.807, 2.05) is 12.1 Å². The molecule has 6 heteroatoms. The van der Waals surface area contributed by atoms with E-state index in [1.165, 1.54) is 18.6 Å². The standard InChI is InChI=1S/C19H29N5O/c1-24-19-16(18(20)21-12-22-19)17(23-24)14-7-9-15(10-8-14)25-11-13-5-3-2-4-6-13/h2-3,9,13-14,17,22-23H,4-8,10-12H2,1H3,(H2,20,21). The first-order chi connectivity index (χ1) is 12.2. The van der Waals surface area contributed by atoms with Gasteiger partial charge in [0.25, 0.3) is 0 Å². The van der Waals surface area contributed by atoms with Gasteiger partial charge in [-0.3, -0.25) is 5.01 Å². The molecule has 0 aromatic carbocycles. The lowest BCUT2D eigenvalue weighted by atomic mass is 9.83. The van der Waals surface area contributed by atoms with Crippen molar-refractivity contribution in [3.63, 3.8) is 0 Å². The molecular formula is C19H29N5O. The number of hydrogen-bond donors (Lipinski definition) is 3. The van der Waals surface area contributed by atoms with E-state index in [0.717, 1.165) is 43.7 Å². The Hall–Kier alpha value is -1.95. The van der Waals surface area contributed by atoms with Crippen molar-refractivity contribution >= 4 is 5.84 Å². The van der Waals surface area contributed by atoms with E-state index in [0.29, 0.717) is 24.3 Å². The summed E-state index contributed by atoms with van der Waals surface area (Å²) in [6.45, 7) is 1.42. The minimum Gasteiger partial charge on any atom is -0.498 e. The van der Waals surface area contributed by atoms with Crippen molar-refractivity contribution in [1.82, 2.24) is 15.8 Å². The zero-order chi connectivity index (χ0) is 17.2. The van der Waals surface area contributed by atoms with Crippen LogP contribution in [0, 0.1) is 11.8 Å². The van der Waals surface area contributed by atoms with Crippen molar-refractivity contribution in [1.29, 1.82) is 0 Å². The van der Waals surface area contributed by atoms with Crippen LogP contribution in [0.15, 0.2) is 40.4 Å². The maximum Gasteiger partial charge on any atom is 0.128 e. The Bertz CT molecular complexity index is 636. The quantitative estimate of drug-likeness (QED) is 0.681. The van der Waals surface area contributed by atoms with Crippen LogP contribution in [0.5, 0.6) is 0 Å². The van der Waals surface area contributed by atoms with Crippen LogP contribution in [-0.2, 0) is 4.74 Å². The molecule has 0 aromatic heterocycles. The van der Waals surface area contributed by atoms with Crippen LogP contribution in [-0.4, -0.2) is 37.2 Å². The van der Waals surface area contributed by atoms with Gasteiger partial charge < -0.3 is 15.8 Å². The average Bonchev–Trinajstić information content (AvgIpc) is 3.00. The maximum absolute atomic E-state index is 6.18. The van der Waals surface area contributed by atoms with Crippen molar-refractivity contribution < 1.29 is 4.74 Å². The fourth-order valence-electron chi connectivity index (χ4n) is 4.28. The Labute approximate surface area is 149 Å². The van der Waals surface area contributed by atoms with E-state index >= 15 is 0 Å². The first-order valence-corrected chi connectivity index (χ1v) is 9.47. The first kappa shape index (κ1) is 16.5. The van der Waals surface area contributed by atoms with Gasteiger partial charge in [0.1, 0.15) is 18.3 Å². The van der Waals surface area contributed by atoms with Gasteiger partial charge >= 0.3 is 0 Å². The fourth-order valence-corrected chi connectivity index (χ4v) is 4.28. The van der Waals surface area contributed by atoms with Crippen molar-refractivity contribution in [2.24, 2.45) is 22.6 Å². The number of amidine groups is 1. The van der Waals surface area contributed by atoms with Gasteiger partial charge in [0, 0.05) is 13.5 Å². The second kappa shape index (κ2) is 7.12. The number of nitrogens with two attached hydrogens (primary N) is 1. The Morgan fingerprint density at radius 3 is 3.00 bits per heavy atom. The summed E-state index contributed by atoms with van der Waals surface area (Å²) >= 11 is 0. The van der Waals surface area contributed by atoms with Crippen LogP contribution in [0.2, 0.25) is 0 Å². The third-order valence-corrected chi connectivity index (χ3v) is 5.77. The minimum atomic E-state index is 0.234. The summed E-state index contributed by atoms with van der Waals surface area (Å²) in [7, 11) is 2.03. The van der Waals surface area contributed by atoms with Crippen molar-refractivity contribution in [3.8, 4) is 0 Å². The SMILES string of the molecule is CN1NC(C2CC=C(OCC3CC=CCC3)CC2)C2=C1NCN=C2N. The van der Waals surface area contributed by atoms with Crippen molar-refractivity contribution in [2.75, 3.05) is 20.3 Å². The summed E-state index contributed by atoms with van der Waals surface area (Å²) in [6.07, 6.45) is 13.6. The van der Waals surface area contributed by atoms with Gasteiger partial charge in [-0.2, -0.15) is 0 Å². The highest BCUT2D eigenvalue weighted by Crippen LogP contribution is 2.34. The minimum absolute atomic E-state index is 0.234. The lowest BCUT2D eigenvalue weighted by Gasteiger charge is -2.29. The third-order valence-electron chi connectivity index (χ3n) is 5.77. The van der Waals surface area contributed by atoms with E-state index in [9.17, 15) is 0 Å². The number of allylic oxidation sites excluding steroid dienone is 4. The Kier molecular flexibility index (Phi) is 4.70. The smallest absolute Gasteiger partial charge is 0.128 e. The van der Waals surface area contributed by atoms with E-state index in [-0.39, 0.29) is 6.04 Å². The van der Waals surface area contributed by atoms with Crippen molar-refractivity contribution in [2.45, 2.75) is 44.6 Å². The van der Waals surface area contributed by atoms with E-state index in [1.54, 1.807) is 0 Å². The summed E-state index contributed by atoms with van der Waals surface area (Å²) in [4.78, 5) is 4.36. The van der Waals surface area contributed by atoms with E-state index in [4.69, 9.17) is 10.5 Å². The normalized spacial score (nSPS) is 32.0. The molecule has 25 heavy (non-hydrogen) atoms. The summed E-state index contributed by atoms with van der Waals surface area (Å²) in [6, 6.07) is 0.234. The van der Waals surface area contributed by atoms with Crippen LogP contribution in [0.1, 0.15) is 38.5 Å². The number of nitrogens with zero attached hydrogens (tertiary/aromatic N) is 2. The molecule has 4 N–H and O–H groups in total. The zero-order valence-corrected chi connectivity index (χ0v) is 15.0. The Morgan fingerprint density at radius 2 is 2.24 bits per heavy atom. The predicted molar refractivity (Wildman–Crippen MR) is 99.2 cm³/mol. The second-order valence-corrected chi connectivity index (χ2v) is 7.47. The van der Waals surface area contributed by atoms with Crippen LogP contribution < -0.4 is 16.5 Å². The number of hydrogen-bond acceptors (Lipinski definition) is 6. The summed E-state index contributed by atoms with van der Waals surface area (Å²) in [5.41, 5.74) is 10.9. The molecule has 0 spiro atoms. The molecule has 0 amide bonds. The number of hydrazine groups is 1. The molecule has 0 aromatic rings.